The first-order valence-corrected chi connectivity index (χ1v) is 8.98. The molecular weight excluding hydrogens is 276 g/mol. The van der Waals surface area contributed by atoms with Crippen LogP contribution in [0.3, 0.4) is 0 Å². The minimum absolute atomic E-state index is 0.350. The average Bonchev–Trinajstić information content (AvgIpc) is 2.81. The lowest BCUT2D eigenvalue weighted by Crippen LogP contribution is -2.50. The number of nitrogens with one attached hydrogen (secondary N) is 1. The van der Waals surface area contributed by atoms with Crippen molar-refractivity contribution in [2.75, 3.05) is 19.3 Å². The Morgan fingerprint density at radius 3 is 2.75 bits per heavy atom. The Hall–Kier alpha value is -0.850. The van der Waals surface area contributed by atoms with Crippen molar-refractivity contribution in [1.29, 1.82) is 0 Å². The number of hydrogen-bond donors (Lipinski definition) is 1. The maximum absolute atomic E-state index is 11.6. The fraction of sp³-hybridized carbons (Fsp3) is 0.714. The molecule has 2 rings (SSSR count). The molecule has 0 bridgehead atoms. The third kappa shape index (κ3) is 3.84. The van der Waals surface area contributed by atoms with Crippen LogP contribution in [0.25, 0.3) is 0 Å². The summed E-state index contributed by atoms with van der Waals surface area (Å²) in [5.41, 5.74) is 0. The van der Waals surface area contributed by atoms with E-state index in [1.807, 2.05) is 19.1 Å². The van der Waals surface area contributed by atoms with Gasteiger partial charge in [0.05, 0.1) is 12.8 Å². The standard InChI is InChI=1S/C14H24N2O3S/c1-4-12-10-16(20(3,17)18)8-7-14(12)15-9-13-6-5-11(2)19-13/h5-6,12,14-15H,4,7-10H2,1-3H3/t12-,14-/m1/s1. The van der Waals surface area contributed by atoms with Gasteiger partial charge in [0.25, 0.3) is 0 Å². The monoisotopic (exact) mass is 300 g/mol. The molecule has 0 aliphatic carbocycles. The van der Waals surface area contributed by atoms with Gasteiger partial charge in [-0.1, -0.05) is 13.3 Å². The number of aryl methyl sites for hydroxylation is 1. The van der Waals surface area contributed by atoms with Crippen LogP contribution in [0.2, 0.25) is 0 Å². The summed E-state index contributed by atoms with van der Waals surface area (Å²) >= 11 is 0. The zero-order valence-corrected chi connectivity index (χ0v) is 13.2. The van der Waals surface area contributed by atoms with Gasteiger partial charge in [-0.2, -0.15) is 0 Å². The summed E-state index contributed by atoms with van der Waals surface area (Å²) in [4.78, 5) is 0. The number of rotatable bonds is 5. The first-order valence-electron chi connectivity index (χ1n) is 7.14. The highest BCUT2D eigenvalue weighted by Gasteiger charge is 2.31. The van der Waals surface area contributed by atoms with E-state index in [2.05, 4.69) is 12.2 Å². The van der Waals surface area contributed by atoms with E-state index in [-0.39, 0.29) is 0 Å². The zero-order chi connectivity index (χ0) is 14.8. The maximum atomic E-state index is 11.6. The highest BCUT2D eigenvalue weighted by Crippen LogP contribution is 2.22. The summed E-state index contributed by atoms with van der Waals surface area (Å²) in [5.74, 6) is 2.21. The van der Waals surface area contributed by atoms with Crippen molar-refractivity contribution in [3.05, 3.63) is 23.7 Å². The second-order valence-electron chi connectivity index (χ2n) is 5.58. The van der Waals surface area contributed by atoms with Gasteiger partial charge in [-0.25, -0.2) is 12.7 Å². The molecule has 0 spiro atoms. The maximum Gasteiger partial charge on any atom is 0.211 e. The molecule has 2 heterocycles. The average molecular weight is 300 g/mol. The van der Waals surface area contributed by atoms with E-state index in [1.165, 1.54) is 6.26 Å². The summed E-state index contributed by atoms with van der Waals surface area (Å²) in [7, 11) is -3.07. The van der Waals surface area contributed by atoms with Crippen molar-refractivity contribution in [2.24, 2.45) is 5.92 Å². The van der Waals surface area contributed by atoms with Gasteiger partial charge in [0.2, 0.25) is 10.0 Å². The lowest BCUT2D eigenvalue weighted by atomic mass is 9.91. The zero-order valence-electron chi connectivity index (χ0n) is 12.4. The van der Waals surface area contributed by atoms with Crippen LogP contribution in [0.15, 0.2) is 16.5 Å². The Bertz CT molecular complexity index is 538. The highest BCUT2D eigenvalue weighted by molar-refractivity contribution is 7.88. The molecule has 5 nitrogen and oxygen atoms in total. The molecule has 1 aliphatic heterocycles. The van der Waals surface area contributed by atoms with Gasteiger partial charge in [-0.3, -0.25) is 0 Å². The second-order valence-corrected chi connectivity index (χ2v) is 7.56. The SMILES string of the molecule is CC[C@@H]1CN(S(C)(=O)=O)CC[C@H]1NCc1ccc(C)o1. The van der Waals surface area contributed by atoms with Gasteiger partial charge >= 0.3 is 0 Å². The van der Waals surface area contributed by atoms with Crippen molar-refractivity contribution in [3.63, 3.8) is 0 Å². The van der Waals surface area contributed by atoms with Gasteiger partial charge < -0.3 is 9.73 Å². The molecule has 0 aromatic carbocycles. The molecule has 1 aliphatic rings. The molecule has 1 aromatic heterocycles. The molecule has 20 heavy (non-hydrogen) atoms. The minimum Gasteiger partial charge on any atom is -0.465 e. The van der Waals surface area contributed by atoms with E-state index < -0.39 is 10.0 Å². The Morgan fingerprint density at radius 2 is 2.20 bits per heavy atom. The first-order chi connectivity index (χ1) is 9.40. The van der Waals surface area contributed by atoms with Gasteiger partial charge in [0.1, 0.15) is 11.5 Å². The number of hydrogen-bond acceptors (Lipinski definition) is 4. The van der Waals surface area contributed by atoms with Crippen molar-refractivity contribution in [1.82, 2.24) is 9.62 Å². The molecule has 1 N–H and O–H groups in total. The number of nitrogens with zero attached hydrogens (tertiary/aromatic N) is 1. The predicted octanol–water partition coefficient (Wildman–Crippen LogP) is 1.74. The Balaban J connectivity index is 1.92. The van der Waals surface area contributed by atoms with E-state index in [0.717, 1.165) is 24.4 Å². The van der Waals surface area contributed by atoms with Crippen LogP contribution in [0, 0.1) is 12.8 Å². The third-order valence-electron chi connectivity index (χ3n) is 4.02. The van der Waals surface area contributed by atoms with Gasteiger partial charge in [-0.15, -0.1) is 0 Å². The van der Waals surface area contributed by atoms with Crippen LogP contribution in [0.4, 0.5) is 0 Å². The van der Waals surface area contributed by atoms with Crippen LogP contribution in [0.5, 0.6) is 0 Å². The van der Waals surface area contributed by atoms with E-state index in [1.54, 1.807) is 4.31 Å². The van der Waals surface area contributed by atoms with Crippen LogP contribution in [-0.2, 0) is 16.6 Å². The molecule has 0 radical (unpaired) electrons. The van der Waals surface area contributed by atoms with E-state index >= 15 is 0 Å². The molecule has 0 unspecified atom stereocenters. The minimum atomic E-state index is -3.07. The smallest absolute Gasteiger partial charge is 0.211 e. The Kier molecular flexibility index (Phi) is 4.88. The van der Waals surface area contributed by atoms with Gasteiger partial charge in [0.15, 0.2) is 0 Å². The Labute approximate surface area is 121 Å². The number of sulfonamides is 1. The molecule has 2 atom stereocenters. The van der Waals surface area contributed by atoms with E-state index in [4.69, 9.17) is 4.42 Å². The second kappa shape index (κ2) is 6.28. The molecular formula is C14H24N2O3S. The number of piperidine rings is 1. The molecule has 1 aromatic rings. The van der Waals surface area contributed by atoms with E-state index in [0.29, 0.717) is 31.6 Å². The van der Waals surface area contributed by atoms with Gasteiger partial charge in [-0.05, 0) is 31.4 Å². The summed E-state index contributed by atoms with van der Waals surface area (Å²) in [5, 5.41) is 3.51. The summed E-state index contributed by atoms with van der Waals surface area (Å²) < 4.78 is 30.4. The molecule has 1 fully saturated rings. The Morgan fingerprint density at radius 1 is 1.45 bits per heavy atom. The first kappa shape index (κ1) is 15.5. The lowest BCUT2D eigenvalue weighted by Gasteiger charge is -2.37. The van der Waals surface area contributed by atoms with Crippen LogP contribution in [0.1, 0.15) is 31.3 Å². The molecule has 6 heteroatoms. The number of furan rings is 1. The van der Waals surface area contributed by atoms with Crippen LogP contribution >= 0.6 is 0 Å². The molecule has 0 saturated carbocycles. The van der Waals surface area contributed by atoms with Crippen molar-refractivity contribution in [2.45, 2.75) is 39.3 Å². The lowest BCUT2D eigenvalue weighted by molar-refractivity contribution is 0.199. The van der Waals surface area contributed by atoms with Crippen LogP contribution < -0.4 is 5.32 Å². The molecule has 1 saturated heterocycles. The normalized spacial score (nSPS) is 24.9. The topological polar surface area (TPSA) is 62.6 Å². The third-order valence-corrected chi connectivity index (χ3v) is 5.29. The van der Waals surface area contributed by atoms with Crippen molar-refractivity contribution in [3.8, 4) is 0 Å². The van der Waals surface area contributed by atoms with Crippen molar-refractivity contribution >= 4 is 10.0 Å². The fourth-order valence-corrected chi connectivity index (χ4v) is 3.69. The quantitative estimate of drug-likeness (QED) is 0.899. The summed E-state index contributed by atoms with van der Waals surface area (Å²) in [6.45, 7) is 5.97. The molecule has 114 valence electrons. The molecule has 0 amide bonds. The van der Waals surface area contributed by atoms with Crippen LogP contribution in [-0.4, -0.2) is 38.1 Å². The van der Waals surface area contributed by atoms with Gasteiger partial charge in [0, 0.05) is 19.1 Å². The van der Waals surface area contributed by atoms with E-state index in [9.17, 15) is 8.42 Å². The summed E-state index contributed by atoms with van der Waals surface area (Å²) in [6.07, 6.45) is 3.12. The predicted molar refractivity (Wildman–Crippen MR) is 78.9 cm³/mol. The highest BCUT2D eigenvalue weighted by atomic mass is 32.2. The fourth-order valence-electron chi connectivity index (χ4n) is 2.79. The van der Waals surface area contributed by atoms with Crippen molar-refractivity contribution < 1.29 is 12.8 Å². The summed E-state index contributed by atoms with van der Waals surface area (Å²) in [6, 6.07) is 4.29. The largest absolute Gasteiger partial charge is 0.465 e.